The number of pyridine rings is 1. The highest BCUT2D eigenvalue weighted by atomic mass is 16.2. The number of nitrogens with one attached hydrogen (secondary N) is 1. The van der Waals surface area contributed by atoms with Crippen molar-refractivity contribution in [2.75, 3.05) is 12.3 Å². The molecule has 0 aliphatic heterocycles. The minimum absolute atomic E-state index is 0.161. The standard InChI is InChI=1S/C15H24N4O2/c1-14(2,3)10-6-9(7-11(16)19-10)12(20)18-8-15(4,5)13(17)21/h6-7H,8H2,1-5H3,(H2,16,19)(H2,17,21)(H,18,20). The number of nitrogen functional groups attached to an aromatic ring is 1. The summed E-state index contributed by atoms with van der Waals surface area (Å²) in [6.07, 6.45) is 0. The number of hydrogen-bond acceptors (Lipinski definition) is 4. The van der Waals surface area contributed by atoms with Gasteiger partial charge in [-0.05, 0) is 26.0 Å². The Bertz CT molecular complexity index is 559. The predicted molar refractivity (Wildman–Crippen MR) is 82.7 cm³/mol. The van der Waals surface area contributed by atoms with Gasteiger partial charge in [-0.2, -0.15) is 0 Å². The van der Waals surface area contributed by atoms with E-state index in [1.165, 1.54) is 6.07 Å². The molecule has 0 atom stereocenters. The molecule has 0 aliphatic carbocycles. The van der Waals surface area contributed by atoms with Crippen LogP contribution in [0.2, 0.25) is 0 Å². The Labute approximate surface area is 125 Å². The van der Waals surface area contributed by atoms with Crippen LogP contribution in [0.3, 0.4) is 0 Å². The summed E-state index contributed by atoms with van der Waals surface area (Å²) in [5.74, 6) is -0.474. The second-order valence-corrected chi connectivity index (χ2v) is 6.85. The molecule has 6 heteroatoms. The maximum Gasteiger partial charge on any atom is 0.251 e. The zero-order valence-electron chi connectivity index (χ0n) is 13.3. The van der Waals surface area contributed by atoms with Crippen LogP contribution in [0.25, 0.3) is 0 Å². The summed E-state index contributed by atoms with van der Waals surface area (Å²) >= 11 is 0. The lowest BCUT2D eigenvalue weighted by atomic mass is 9.90. The van der Waals surface area contributed by atoms with Gasteiger partial charge in [-0.25, -0.2) is 4.98 Å². The molecule has 1 rings (SSSR count). The van der Waals surface area contributed by atoms with Crippen molar-refractivity contribution in [1.29, 1.82) is 0 Å². The van der Waals surface area contributed by atoms with Gasteiger partial charge in [0, 0.05) is 23.2 Å². The number of anilines is 1. The number of aromatic nitrogens is 1. The Morgan fingerprint density at radius 2 is 1.76 bits per heavy atom. The number of primary amides is 1. The Morgan fingerprint density at radius 1 is 1.19 bits per heavy atom. The number of nitrogens with two attached hydrogens (primary N) is 2. The zero-order chi connectivity index (χ0) is 16.4. The molecule has 6 nitrogen and oxygen atoms in total. The van der Waals surface area contributed by atoms with Gasteiger partial charge < -0.3 is 16.8 Å². The van der Waals surface area contributed by atoms with Gasteiger partial charge in [0.25, 0.3) is 5.91 Å². The lowest BCUT2D eigenvalue weighted by Crippen LogP contribution is -2.42. The normalized spacial score (nSPS) is 12.0. The molecule has 5 N–H and O–H groups in total. The van der Waals surface area contributed by atoms with Crippen LogP contribution in [0.4, 0.5) is 5.82 Å². The fourth-order valence-electron chi connectivity index (χ4n) is 1.56. The largest absolute Gasteiger partial charge is 0.384 e. The number of rotatable bonds is 4. The molecule has 0 aliphatic rings. The maximum absolute atomic E-state index is 12.2. The molecule has 0 bridgehead atoms. The Kier molecular flexibility index (Phi) is 4.61. The van der Waals surface area contributed by atoms with Crippen LogP contribution in [0.5, 0.6) is 0 Å². The van der Waals surface area contributed by atoms with Crippen molar-refractivity contribution in [1.82, 2.24) is 10.3 Å². The molecule has 0 spiro atoms. The van der Waals surface area contributed by atoms with Gasteiger partial charge in [0.05, 0.1) is 5.41 Å². The van der Waals surface area contributed by atoms with E-state index in [-0.39, 0.29) is 17.9 Å². The third-order valence-electron chi connectivity index (χ3n) is 3.23. The summed E-state index contributed by atoms with van der Waals surface area (Å²) < 4.78 is 0. The van der Waals surface area contributed by atoms with Gasteiger partial charge >= 0.3 is 0 Å². The number of hydrogen-bond donors (Lipinski definition) is 3. The van der Waals surface area contributed by atoms with E-state index < -0.39 is 11.3 Å². The van der Waals surface area contributed by atoms with Crippen LogP contribution in [-0.4, -0.2) is 23.3 Å². The molecule has 0 aromatic carbocycles. The van der Waals surface area contributed by atoms with Crippen molar-refractivity contribution in [3.05, 3.63) is 23.4 Å². The van der Waals surface area contributed by atoms with E-state index in [2.05, 4.69) is 10.3 Å². The highest BCUT2D eigenvalue weighted by Crippen LogP contribution is 2.22. The molecule has 1 aromatic heterocycles. The third kappa shape index (κ3) is 4.44. The summed E-state index contributed by atoms with van der Waals surface area (Å²) in [5.41, 5.74) is 11.2. The molecule has 0 saturated heterocycles. The second-order valence-electron chi connectivity index (χ2n) is 6.85. The molecular formula is C15H24N4O2. The van der Waals surface area contributed by atoms with E-state index in [0.29, 0.717) is 11.4 Å². The summed E-state index contributed by atoms with van der Waals surface area (Å²) in [4.78, 5) is 27.7. The molecular weight excluding hydrogens is 268 g/mol. The van der Waals surface area contributed by atoms with Gasteiger partial charge in [-0.3, -0.25) is 9.59 Å². The maximum atomic E-state index is 12.2. The Hall–Kier alpha value is -2.11. The van der Waals surface area contributed by atoms with E-state index >= 15 is 0 Å². The van der Waals surface area contributed by atoms with Crippen molar-refractivity contribution >= 4 is 17.6 Å². The smallest absolute Gasteiger partial charge is 0.251 e. The average molecular weight is 292 g/mol. The topological polar surface area (TPSA) is 111 Å². The van der Waals surface area contributed by atoms with E-state index in [1.807, 2.05) is 20.8 Å². The first-order valence-corrected chi connectivity index (χ1v) is 6.79. The van der Waals surface area contributed by atoms with E-state index in [4.69, 9.17) is 11.5 Å². The first kappa shape index (κ1) is 16.9. The van der Waals surface area contributed by atoms with Crippen LogP contribution in [0, 0.1) is 5.41 Å². The molecule has 1 aromatic rings. The summed E-state index contributed by atoms with van der Waals surface area (Å²) in [7, 11) is 0. The molecule has 116 valence electrons. The van der Waals surface area contributed by atoms with Crippen LogP contribution in [0.15, 0.2) is 12.1 Å². The minimum Gasteiger partial charge on any atom is -0.384 e. The number of nitrogens with zero attached hydrogens (tertiary/aromatic N) is 1. The van der Waals surface area contributed by atoms with Gasteiger partial charge in [0.1, 0.15) is 5.82 Å². The van der Waals surface area contributed by atoms with Gasteiger partial charge in [0.2, 0.25) is 5.91 Å². The highest BCUT2D eigenvalue weighted by Gasteiger charge is 2.26. The SMILES string of the molecule is CC(C)(CNC(=O)c1cc(N)nc(C(C)(C)C)c1)C(N)=O. The highest BCUT2D eigenvalue weighted by molar-refractivity contribution is 5.95. The van der Waals surface area contributed by atoms with Crippen molar-refractivity contribution in [2.45, 2.75) is 40.0 Å². The van der Waals surface area contributed by atoms with Crippen LogP contribution >= 0.6 is 0 Å². The molecule has 0 fully saturated rings. The van der Waals surface area contributed by atoms with Crippen LogP contribution in [0.1, 0.15) is 50.7 Å². The van der Waals surface area contributed by atoms with Crippen LogP contribution < -0.4 is 16.8 Å². The third-order valence-corrected chi connectivity index (χ3v) is 3.23. The van der Waals surface area contributed by atoms with Gasteiger partial charge in [0.15, 0.2) is 0 Å². The van der Waals surface area contributed by atoms with E-state index in [1.54, 1.807) is 19.9 Å². The molecule has 0 unspecified atom stereocenters. The predicted octanol–water partition coefficient (Wildman–Crippen LogP) is 1.20. The second kappa shape index (κ2) is 5.71. The van der Waals surface area contributed by atoms with Crippen molar-refractivity contribution in [2.24, 2.45) is 11.1 Å². The molecule has 0 radical (unpaired) electrons. The fourth-order valence-corrected chi connectivity index (χ4v) is 1.56. The van der Waals surface area contributed by atoms with Gasteiger partial charge in [-0.1, -0.05) is 20.8 Å². The fraction of sp³-hybridized carbons (Fsp3) is 0.533. The van der Waals surface area contributed by atoms with Crippen molar-refractivity contribution < 1.29 is 9.59 Å². The first-order chi connectivity index (χ1) is 9.43. The summed E-state index contributed by atoms with van der Waals surface area (Å²) in [6, 6.07) is 3.23. The quantitative estimate of drug-likeness (QED) is 0.774. The monoisotopic (exact) mass is 292 g/mol. The van der Waals surface area contributed by atoms with Gasteiger partial charge in [-0.15, -0.1) is 0 Å². The summed E-state index contributed by atoms with van der Waals surface area (Å²) in [5, 5.41) is 2.70. The molecule has 21 heavy (non-hydrogen) atoms. The summed E-state index contributed by atoms with van der Waals surface area (Å²) in [6.45, 7) is 9.49. The van der Waals surface area contributed by atoms with E-state index in [9.17, 15) is 9.59 Å². The van der Waals surface area contributed by atoms with Crippen molar-refractivity contribution in [3.63, 3.8) is 0 Å². The molecule has 0 saturated carbocycles. The van der Waals surface area contributed by atoms with Crippen molar-refractivity contribution in [3.8, 4) is 0 Å². The minimum atomic E-state index is -0.804. The number of carbonyl (C=O) groups excluding carboxylic acids is 2. The number of amides is 2. The lowest BCUT2D eigenvalue weighted by Gasteiger charge is -2.22. The van der Waals surface area contributed by atoms with Crippen LogP contribution in [-0.2, 0) is 10.2 Å². The zero-order valence-corrected chi connectivity index (χ0v) is 13.3. The Morgan fingerprint density at radius 3 is 2.24 bits per heavy atom. The average Bonchev–Trinajstić information content (AvgIpc) is 2.34. The lowest BCUT2D eigenvalue weighted by molar-refractivity contribution is -0.125. The molecule has 1 heterocycles. The Balaban J connectivity index is 2.94. The number of carbonyl (C=O) groups is 2. The first-order valence-electron chi connectivity index (χ1n) is 6.79. The van der Waals surface area contributed by atoms with E-state index in [0.717, 1.165) is 5.69 Å². The molecule has 2 amide bonds.